The molecular weight excluding hydrogens is 328 g/mol. The highest BCUT2D eigenvalue weighted by molar-refractivity contribution is 5.87. The summed E-state index contributed by atoms with van der Waals surface area (Å²) >= 11 is 0. The molecule has 2 aromatic carbocycles. The van der Waals surface area contributed by atoms with Crippen molar-refractivity contribution in [2.24, 2.45) is 0 Å². The zero-order valence-electron chi connectivity index (χ0n) is 14.3. The fourth-order valence-corrected chi connectivity index (χ4v) is 2.94. The van der Waals surface area contributed by atoms with Gasteiger partial charge in [-0.2, -0.15) is 0 Å². The van der Waals surface area contributed by atoms with Crippen LogP contribution in [0.2, 0.25) is 0 Å². The van der Waals surface area contributed by atoms with Gasteiger partial charge in [0.15, 0.2) is 0 Å². The fourth-order valence-electron chi connectivity index (χ4n) is 2.94. The molecule has 0 amide bonds. The lowest BCUT2D eigenvalue weighted by Crippen LogP contribution is -2.10. The summed E-state index contributed by atoms with van der Waals surface area (Å²) in [5.41, 5.74) is 2.96. The molecule has 2 N–H and O–H groups in total. The maximum atomic E-state index is 12.5. The zero-order valence-corrected chi connectivity index (χ0v) is 14.3. The molecule has 0 fully saturated rings. The average molecular weight is 346 g/mol. The van der Waals surface area contributed by atoms with Gasteiger partial charge in [-0.3, -0.25) is 4.79 Å². The molecule has 0 radical (unpaired) electrons. The second-order valence-corrected chi connectivity index (χ2v) is 5.96. The van der Waals surface area contributed by atoms with Crippen LogP contribution in [0.15, 0.2) is 71.7 Å². The van der Waals surface area contributed by atoms with Gasteiger partial charge < -0.3 is 19.4 Å². The number of pyridine rings is 1. The van der Waals surface area contributed by atoms with Gasteiger partial charge in [-0.15, -0.1) is 0 Å². The van der Waals surface area contributed by atoms with Crippen LogP contribution in [0.4, 0.5) is 0 Å². The lowest BCUT2D eigenvalue weighted by Gasteiger charge is -2.09. The van der Waals surface area contributed by atoms with Gasteiger partial charge in [0.2, 0.25) is 0 Å². The van der Waals surface area contributed by atoms with E-state index in [2.05, 4.69) is 9.97 Å². The second-order valence-electron chi connectivity index (χ2n) is 5.96. The molecule has 0 saturated carbocycles. The maximum absolute atomic E-state index is 12.5. The van der Waals surface area contributed by atoms with E-state index in [1.165, 1.54) is 0 Å². The van der Waals surface area contributed by atoms with E-state index in [9.17, 15) is 4.79 Å². The Morgan fingerprint density at radius 1 is 1.00 bits per heavy atom. The second kappa shape index (κ2) is 6.80. The molecule has 0 bridgehead atoms. The number of hydrogen-bond donors (Lipinski definition) is 2. The predicted molar refractivity (Wildman–Crippen MR) is 102 cm³/mol. The largest absolute Gasteiger partial charge is 0.497 e. The number of aromatic nitrogens is 2. The van der Waals surface area contributed by atoms with Crippen molar-refractivity contribution in [1.29, 1.82) is 0 Å². The summed E-state index contributed by atoms with van der Waals surface area (Å²) in [5, 5.41) is 0.969. The Balaban J connectivity index is 1.73. The first-order valence-electron chi connectivity index (χ1n) is 8.30. The van der Waals surface area contributed by atoms with E-state index in [1.807, 2.05) is 54.6 Å². The maximum Gasteiger partial charge on any atom is 0.261 e. The van der Waals surface area contributed by atoms with Crippen molar-refractivity contribution in [2.45, 2.75) is 6.61 Å². The molecule has 0 aliphatic rings. The van der Waals surface area contributed by atoms with Crippen molar-refractivity contribution < 1.29 is 9.47 Å². The van der Waals surface area contributed by atoms with E-state index >= 15 is 0 Å². The van der Waals surface area contributed by atoms with Crippen LogP contribution in [0.1, 0.15) is 5.56 Å². The van der Waals surface area contributed by atoms with Gasteiger partial charge in [-0.05, 0) is 35.9 Å². The van der Waals surface area contributed by atoms with Gasteiger partial charge in [0.1, 0.15) is 23.7 Å². The summed E-state index contributed by atoms with van der Waals surface area (Å²) in [6.45, 7) is 0.394. The standard InChI is InChI=1S/C21H18N2O3/c1-25-16-7-8-17-15(11-16)12-18(23-17)20-19(9-10-22-21(20)24)26-13-14-5-3-2-4-6-14/h2-12,23H,13H2,1H3,(H,22,24). The first-order valence-corrected chi connectivity index (χ1v) is 8.30. The van der Waals surface area contributed by atoms with Crippen LogP contribution in [0, 0.1) is 0 Å². The third-order valence-electron chi connectivity index (χ3n) is 4.26. The number of fused-ring (bicyclic) bond motifs is 1. The Bertz CT molecular complexity index is 1100. The molecule has 0 unspecified atom stereocenters. The molecule has 0 aliphatic carbocycles. The van der Waals surface area contributed by atoms with Crippen molar-refractivity contribution in [3.05, 3.63) is 82.8 Å². The summed E-state index contributed by atoms with van der Waals surface area (Å²) in [5.74, 6) is 1.31. The lowest BCUT2D eigenvalue weighted by atomic mass is 10.1. The lowest BCUT2D eigenvalue weighted by molar-refractivity contribution is 0.307. The van der Waals surface area contributed by atoms with Crippen molar-refractivity contribution in [2.75, 3.05) is 7.11 Å². The van der Waals surface area contributed by atoms with E-state index < -0.39 is 0 Å². The highest BCUT2D eigenvalue weighted by atomic mass is 16.5. The topological polar surface area (TPSA) is 67.1 Å². The van der Waals surface area contributed by atoms with Crippen LogP contribution in [0.3, 0.4) is 0 Å². The molecule has 4 rings (SSSR count). The average Bonchev–Trinajstić information content (AvgIpc) is 3.09. The number of methoxy groups -OCH3 is 1. The molecule has 5 heteroatoms. The number of ether oxygens (including phenoxy) is 2. The third-order valence-corrected chi connectivity index (χ3v) is 4.26. The van der Waals surface area contributed by atoms with Crippen molar-refractivity contribution in [3.63, 3.8) is 0 Å². The molecular formula is C21H18N2O3. The molecule has 2 heterocycles. The molecule has 0 saturated heterocycles. The van der Waals surface area contributed by atoms with Gasteiger partial charge in [-0.25, -0.2) is 0 Å². The quantitative estimate of drug-likeness (QED) is 0.571. The van der Waals surface area contributed by atoms with E-state index in [4.69, 9.17) is 9.47 Å². The normalized spacial score (nSPS) is 10.8. The summed E-state index contributed by atoms with van der Waals surface area (Å²) < 4.78 is 11.2. The van der Waals surface area contributed by atoms with Crippen LogP contribution >= 0.6 is 0 Å². The van der Waals surface area contributed by atoms with Gasteiger partial charge in [-0.1, -0.05) is 30.3 Å². The smallest absolute Gasteiger partial charge is 0.261 e. The van der Waals surface area contributed by atoms with Crippen LogP contribution in [0.5, 0.6) is 11.5 Å². The fraction of sp³-hybridized carbons (Fsp3) is 0.0952. The molecule has 2 aromatic heterocycles. The van der Waals surface area contributed by atoms with E-state index in [1.54, 1.807) is 19.4 Å². The molecule has 0 atom stereocenters. The van der Waals surface area contributed by atoms with E-state index in [-0.39, 0.29) is 5.56 Å². The first kappa shape index (κ1) is 16.0. The molecule has 4 aromatic rings. The predicted octanol–water partition coefficient (Wildman–Crippen LogP) is 4.11. The highest BCUT2D eigenvalue weighted by Crippen LogP contribution is 2.30. The first-order chi connectivity index (χ1) is 12.7. The van der Waals surface area contributed by atoms with Gasteiger partial charge in [0.05, 0.1) is 12.8 Å². The molecule has 0 spiro atoms. The Morgan fingerprint density at radius 2 is 1.85 bits per heavy atom. The van der Waals surface area contributed by atoms with Crippen LogP contribution in [0.25, 0.3) is 22.2 Å². The van der Waals surface area contributed by atoms with Crippen LogP contribution in [-0.4, -0.2) is 17.1 Å². The molecule has 0 aliphatic heterocycles. The summed E-state index contributed by atoms with van der Waals surface area (Å²) in [7, 11) is 1.63. The number of aromatic amines is 2. The van der Waals surface area contributed by atoms with Crippen molar-refractivity contribution >= 4 is 10.9 Å². The number of hydrogen-bond acceptors (Lipinski definition) is 3. The number of H-pyrrole nitrogens is 2. The van der Waals surface area contributed by atoms with E-state index in [0.29, 0.717) is 23.6 Å². The minimum Gasteiger partial charge on any atom is -0.497 e. The highest BCUT2D eigenvalue weighted by Gasteiger charge is 2.14. The Labute approximate surface area is 150 Å². The molecule has 130 valence electrons. The third kappa shape index (κ3) is 3.07. The minimum atomic E-state index is -0.200. The van der Waals surface area contributed by atoms with Crippen LogP contribution in [-0.2, 0) is 6.61 Å². The number of nitrogens with one attached hydrogen (secondary N) is 2. The van der Waals surface area contributed by atoms with Gasteiger partial charge >= 0.3 is 0 Å². The summed E-state index contributed by atoms with van der Waals surface area (Å²) in [6.07, 6.45) is 1.60. The Kier molecular flexibility index (Phi) is 4.19. The van der Waals surface area contributed by atoms with Crippen molar-refractivity contribution in [3.8, 4) is 22.8 Å². The Hall–Kier alpha value is -3.47. The van der Waals surface area contributed by atoms with E-state index in [0.717, 1.165) is 22.2 Å². The minimum absolute atomic E-state index is 0.200. The molecule has 26 heavy (non-hydrogen) atoms. The SMILES string of the molecule is COc1ccc2[nH]c(-c3c(OCc4ccccc4)cc[nH]c3=O)cc2c1. The summed E-state index contributed by atoms with van der Waals surface area (Å²) in [4.78, 5) is 18.5. The zero-order chi connectivity index (χ0) is 17.9. The van der Waals surface area contributed by atoms with Crippen molar-refractivity contribution in [1.82, 2.24) is 9.97 Å². The number of rotatable bonds is 5. The van der Waals surface area contributed by atoms with Gasteiger partial charge in [0, 0.05) is 17.1 Å². The molecule has 5 nitrogen and oxygen atoms in total. The number of benzene rings is 2. The van der Waals surface area contributed by atoms with Crippen LogP contribution < -0.4 is 15.0 Å². The van der Waals surface area contributed by atoms with Gasteiger partial charge in [0.25, 0.3) is 5.56 Å². The monoisotopic (exact) mass is 346 g/mol. The Morgan fingerprint density at radius 3 is 2.65 bits per heavy atom. The summed E-state index contributed by atoms with van der Waals surface area (Å²) in [6, 6.07) is 19.3.